The number of halogens is 3. The smallest absolute Gasteiger partial charge is 0.268 e. The van der Waals surface area contributed by atoms with Crippen molar-refractivity contribution in [1.82, 2.24) is 4.98 Å². The van der Waals surface area contributed by atoms with Crippen molar-refractivity contribution in [1.29, 1.82) is 10.5 Å². The number of ether oxygens (including phenoxy) is 1. The van der Waals surface area contributed by atoms with E-state index in [1.807, 2.05) is 4.98 Å². The maximum atomic E-state index is 14.4. The van der Waals surface area contributed by atoms with Crippen LogP contribution in [0.25, 0.3) is 11.1 Å². The molecule has 1 heterocycles. The van der Waals surface area contributed by atoms with Gasteiger partial charge in [-0.2, -0.15) is 10.5 Å². The number of hydrogen-bond acceptors (Lipinski definition) is 5. The molecule has 0 saturated carbocycles. The number of nitrogens with zero attached hydrogens (tertiary/aromatic N) is 2. The molecule has 0 amide bonds. The molecule has 0 saturated heterocycles. The van der Waals surface area contributed by atoms with Crippen molar-refractivity contribution in [2.75, 3.05) is 12.8 Å². The molecule has 6 nitrogen and oxygen atoms in total. The van der Waals surface area contributed by atoms with Crippen LogP contribution in [-0.4, -0.2) is 12.1 Å². The van der Waals surface area contributed by atoms with Crippen LogP contribution in [0.4, 0.5) is 19.0 Å². The van der Waals surface area contributed by atoms with Crippen LogP contribution in [0.1, 0.15) is 11.1 Å². The highest BCUT2D eigenvalue weighted by molar-refractivity contribution is 5.81. The largest absolute Gasteiger partial charge is 0.491 e. The van der Waals surface area contributed by atoms with Crippen LogP contribution in [0, 0.1) is 40.1 Å². The number of nitriles is 2. The maximum absolute atomic E-state index is 14.4. The van der Waals surface area contributed by atoms with Gasteiger partial charge >= 0.3 is 0 Å². The van der Waals surface area contributed by atoms with Crippen molar-refractivity contribution in [3.8, 4) is 29.0 Å². The van der Waals surface area contributed by atoms with E-state index in [-0.39, 0.29) is 0 Å². The van der Waals surface area contributed by atoms with E-state index >= 15 is 0 Å². The number of benzene rings is 1. The fraction of sp³-hybridized carbons (Fsp3) is 0.0714. The van der Waals surface area contributed by atoms with Crippen LogP contribution in [0.15, 0.2) is 10.9 Å². The first kappa shape index (κ1) is 15.9. The summed E-state index contributed by atoms with van der Waals surface area (Å²) >= 11 is 0. The van der Waals surface area contributed by atoms with Gasteiger partial charge in [-0.3, -0.25) is 4.79 Å². The van der Waals surface area contributed by atoms with Crippen molar-refractivity contribution < 1.29 is 17.9 Å². The van der Waals surface area contributed by atoms with Crippen LogP contribution >= 0.6 is 0 Å². The van der Waals surface area contributed by atoms with E-state index in [0.29, 0.717) is 6.07 Å². The number of nitrogens with two attached hydrogens (primary N) is 1. The Balaban J connectivity index is 3.09. The Kier molecular flexibility index (Phi) is 3.97. The average Bonchev–Trinajstić information content (AvgIpc) is 2.47. The molecule has 2 rings (SSSR count). The lowest BCUT2D eigenvalue weighted by Crippen LogP contribution is -2.17. The molecule has 0 bridgehead atoms. The van der Waals surface area contributed by atoms with Crippen molar-refractivity contribution >= 4 is 5.82 Å². The van der Waals surface area contributed by atoms with Crippen LogP contribution in [0.3, 0.4) is 0 Å². The Labute approximate surface area is 127 Å². The summed E-state index contributed by atoms with van der Waals surface area (Å²) in [4.78, 5) is 13.8. The molecule has 116 valence electrons. The zero-order valence-electron chi connectivity index (χ0n) is 11.5. The third-order valence-electron chi connectivity index (χ3n) is 3.05. The number of nitrogens with one attached hydrogen (secondary N) is 1. The van der Waals surface area contributed by atoms with Gasteiger partial charge in [0.15, 0.2) is 17.4 Å². The van der Waals surface area contributed by atoms with E-state index in [4.69, 9.17) is 16.3 Å². The summed E-state index contributed by atoms with van der Waals surface area (Å²) < 4.78 is 46.5. The minimum Gasteiger partial charge on any atom is -0.491 e. The van der Waals surface area contributed by atoms with Gasteiger partial charge in [-0.1, -0.05) is 0 Å². The fourth-order valence-electron chi connectivity index (χ4n) is 2.08. The normalized spacial score (nSPS) is 10.0. The van der Waals surface area contributed by atoms with Gasteiger partial charge in [-0.25, -0.2) is 13.2 Å². The topological polar surface area (TPSA) is 116 Å². The monoisotopic (exact) mass is 320 g/mol. The molecule has 0 aliphatic rings. The molecule has 9 heteroatoms. The van der Waals surface area contributed by atoms with Crippen molar-refractivity contribution in [3.63, 3.8) is 0 Å². The molecular weight excluding hydrogens is 313 g/mol. The SMILES string of the molecule is COc1c(F)cc(F)c(-c2c(C#N)c(N)[nH]c(=O)c2C#N)c1F. The summed E-state index contributed by atoms with van der Waals surface area (Å²) in [6.45, 7) is 0. The third kappa shape index (κ3) is 2.34. The first-order valence-corrected chi connectivity index (χ1v) is 5.95. The Hall–Kier alpha value is -3.46. The second-order valence-corrected chi connectivity index (χ2v) is 4.28. The molecule has 0 aliphatic heterocycles. The quantitative estimate of drug-likeness (QED) is 0.875. The summed E-state index contributed by atoms with van der Waals surface area (Å²) in [6.07, 6.45) is 0. The van der Waals surface area contributed by atoms with Gasteiger partial charge in [-0.15, -0.1) is 0 Å². The Morgan fingerprint density at radius 1 is 1.13 bits per heavy atom. The number of methoxy groups -OCH3 is 1. The molecule has 1 aromatic carbocycles. The van der Waals surface area contributed by atoms with E-state index in [1.165, 1.54) is 6.07 Å². The van der Waals surface area contributed by atoms with Gasteiger partial charge in [0.1, 0.15) is 34.9 Å². The Morgan fingerprint density at radius 2 is 1.74 bits per heavy atom. The second-order valence-electron chi connectivity index (χ2n) is 4.28. The number of anilines is 1. The van der Waals surface area contributed by atoms with E-state index in [9.17, 15) is 18.0 Å². The summed E-state index contributed by atoms with van der Waals surface area (Å²) in [5.41, 5.74) is 1.55. The number of aromatic nitrogens is 1. The molecule has 0 spiro atoms. The highest BCUT2D eigenvalue weighted by atomic mass is 19.1. The van der Waals surface area contributed by atoms with Gasteiger partial charge in [-0.05, 0) is 0 Å². The second kappa shape index (κ2) is 5.73. The number of aromatic amines is 1. The van der Waals surface area contributed by atoms with Crippen molar-refractivity contribution in [2.24, 2.45) is 0 Å². The summed E-state index contributed by atoms with van der Waals surface area (Å²) in [5, 5.41) is 18.2. The summed E-state index contributed by atoms with van der Waals surface area (Å²) in [7, 11) is 0.950. The minimum absolute atomic E-state index is 0.316. The molecular formula is C14H7F3N4O2. The lowest BCUT2D eigenvalue weighted by Gasteiger charge is -2.13. The first-order valence-electron chi connectivity index (χ1n) is 5.95. The van der Waals surface area contributed by atoms with Crippen LogP contribution in [0.2, 0.25) is 0 Å². The fourth-order valence-corrected chi connectivity index (χ4v) is 2.08. The molecule has 0 unspecified atom stereocenters. The number of H-pyrrole nitrogens is 1. The number of nitrogen functional groups attached to an aromatic ring is 1. The number of hydrogen-bond donors (Lipinski definition) is 2. The molecule has 0 atom stereocenters. The Morgan fingerprint density at radius 3 is 2.26 bits per heavy atom. The van der Waals surface area contributed by atoms with Crippen molar-refractivity contribution in [2.45, 2.75) is 0 Å². The molecule has 0 fully saturated rings. The van der Waals surface area contributed by atoms with Gasteiger partial charge in [0.05, 0.1) is 12.7 Å². The summed E-state index contributed by atoms with van der Waals surface area (Å²) in [5.74, 6) is -5.63. The predicted molar refractivity (Wildman–Crippen MR) is 72.8 cm³/mol. The van der Waals surface area contributed by atoms with E-state index < -0.39 is 56.8 Å². The summed E-state index contributed by atoms with van der Waals surface area (Å²) in [6, 6.07) is 3.33. The lowest BCUT2D eigenvalue weighted by atomic mass is 9.95. The van der Waals surface area contributed by atoms with E-state index in [1.54, 1.807) is 6.07 Å². The van der Waals surface area contributed by atoms with Crippen LogP contribution in [0.5, 0.6) is 5.75 Å². The van der Waals surface area contributed by atoms with Crippen LogP contribution in [-0.2, 0) is 0 Å². The van der Waals surface area contributed by atoms with Gasteiger partial charge in [0, 0.05) is 11.6 Å². The molecule has 0 aliphatic carbocycles. The number of rotatable bonds is 2. The Bertz CT molecular complexity index is 955. The van der Waals surface area contributed by atoms with Gasteiger partial charge in [0.25, 0.3) is 5.56 Å². The van der Waals surface area contributed by atoms with E-state index in [0.717, 1.165) is 7.11 Å². The first-order chi connectivity index (χ1) is 10.9. The van der Waals surface area contributed by atoms with Gasteiger partial charge < -0.3 is 15.5 Å². The zero-order chi connectivity index (χ0) is 17.3. The average molecular weight is 320 g/mol. The van der Waals surface area contributed by atoms with Crippen molar-refractivity contribution in [3.05, 3.63) is 45.0 Å². The maximum Gasteiger partial charge on any atom is 0.268 e. The minimum atomic E-state index is -1.50. The highest BCUT2D eigenvalue weighted by Crippen LogP contribution is 2.37. The zero-order valence-corrected chi connectivity index (χ0v) is 11.5. The van der Waals surface area contributed by atoms with Crippen LogP contribution < -0.4 is 16.0 Å². The third-order valence-corrected chi connectivity index (χ3v) is 3.05. The number of pyridine rings is 1. The highest BCUT2D eigenvalue weighted by Gasteiger charge is 2.27. The molecule has 23 heavy (non-hydrogen) atoms. The molecule has 3 N–H and O–H groups in total. The standard InChI is InChI=1S/C14H7F3N4O2/c1-23-12-8(16)2-7(15)10(11(12)17)9-5(3-18)13(20)21-14(22)6(9)4-19/h2H,1H3,(H3,20,21,22). The predicted octanol–water partition coefficient (Wildman–Crippen LogP) is 1.79. The lowest BCUT2D eigenvalue weighted by molar-refractivity contribution is 0.357. The molecule has 0 radical (unpaired) electrons. The molecule has 2 aromatic rings. The van der Waals surface area contributed by atoms with Gasteiger partial charge in [0.2, 0.25) is 0 Å². The van der Waals surface area contributed by atoms with E-state index in [2.05, 4.69) is 4.74 Å². The molecule has 1 aromatic heterocycles.